The zero-order valence-corrected chi connectivity index (χ0v) is 18.9. The molecule has 1 spiro atoms. The zero-order valence-electron chi connectivity index (χ0n) is 18.9. The third kappa shape index (κ3) is 6.94. The Hall–Kier alpha value is -2.12. The van der Waals surface area contributed by atoms with Crippen molar-refractivity contribution in [1.29, 1.82) is 0 Å². The van der Waals surface area contributed by atoms with E-state index in [-0.39, 0.29) is 17.5 Å². The second kappa shape index (κ2) is 12.1. The summed E-state index contributed by atoms with van der Waals surface area (Å²) < 4.78 is 5.03. The fraction of sp³-hybridized carbons (Fsp3) is 0.667. The van der Waals surface area contributed by atoms with Crippen molar-refractivity contribution in [3.63, 3.8) is 0 Å². The van der Waals surface area contributed by atoms with Crippen molar-refractivity contribution < 1.29 is 14.3 Å². The molecule has 1 aromatic carbocycles. The summed E-state index contributed by atoms with van der Waals surface area (Å²) in [6.07, 6.45) is 7.15. The zero-order chi connectivity index (χ0) is 21.9. The van der Waals surface area contributed by atoms with E-state index < -0.39 is 0 Å². The van der Waals surface area contributed by atoms with Crippen LogP contribution in [0.3, 0.4) is 0 Å². The van der Waals surface area contributed by atoms with Crippen molar-refractivity contribution in [2.45, 2.75) is 57.0 Å². The molecule has 1 aromatic rings. The van der Waals surface area contributed by atoms with Gasteiger partial charge in [0.2, 0.25) is 5.91 Å². The summed E-state index contributed by atoms with van der Waals surface area (Å²) in [5.41, 5.74) is 1.19. The Morgan fingerprint density at radius 3 is 2.61 bits per heavy atom. The van der Waals surface area contributed by atoms with Crippen molar-refractivity contribution in [2.75, 3.05) is 46.4 Å². The van der Waals surface area contributed by atoms with Crippen molar-refractivity contribution >= 4 is 11.9 Å². The van der Waals surface area contributed by atoms with Crippen molar-refractivity contribution in [2.24, 2.45) is 0 Å². The predicted molar refractivity (Wildman–Crippen MR) is 122 cm³/mol. The lowest BCUT2D eigenvalue weighted by molar-refractivity contribution is -0.125. The quantitative estimate of drug-likeness (QED) is 0.705. The van der Waals surface area contributed by atoms with Crippen LogP contribution in [0.5, 0.6) is 0 Å². The maximum atomic E-state index is 12.9. The maximum absolute atomic E-state index is 12.9. The number of carbonyl (C=O) groups excluding carboxylic acids is 2. The summed E-state index contributed by atoms with van der Waals surface area (Å²) in [5.74, 6) is 0.0987. The SMILES string of the molecule is COCCNC(=O)N1CCCN(Cc2ccccc2)C2(CCCCC2)CC(=O)NCC1. The van der Waals surface area contributed by atoms with E-state index in [1.165, 1.54) is 24.8 Å². The van der Waals surface area contributed by atoms with E-state index in [1.807, 2.05) is 11.0 Å². The molecule has 3 rings (SSSR count). The second-order valence-electron chi connectivity index (χ2n) is 8.78. The monoisotopic (exact) mass is 430 g/mol. The van der Waals surface area contributed by atoms with Crippen LogP contribution in [0, 0.1) is 0 Å². The smallest absolute Gasteiger partial charge is 0.317 e. The average Bonchev–Trinajstić information content (AvgIpc) is 2.80. The molecule has 1 aliphatic heterocycles. The Bertz CT molecular complexity index is 691. The van der Waals surface area contributed by atoms with Gasteiger partial charge in [-0.3, -0.25) is 9.69 Å². The molecule has 2 aliphatic rings. The van der Waals surface area contributed by atoms with Crippen LogP contribution in [-0.4, -0.2) is 73.7 Å². The minimum Gasteiger partial charge on any atom is -0.383 e. The van der Waals surface area contributed by atoms with Crippen molar-refractivity contribution in [3.8, 4) is 0 Å². The van der Waals surface area contributed by atoms with Crippen LogP contribution in [-0.2, 0) is 16.1 Å². The molecule has 0 radical (unpaired) electrons. The van der Waals surface area contributed by atoms with E-state index in [4.69, 9.17) is 4.74 Å². The second-order valence-corrected chi connectivity index (χ2v) is 8.78. The molecule has 0 atom stereocenters. The van der Waals surface area contributed by atoms with E-state index in [1.54, 1.807) is 7.11 Å². The number of amides is 3. The number of ether oxygens (including phenoxy) is 1. The standard InChI is InChI=1S/C24H38N4O3/c1-31-18-14-26-23(30)27-15-8-16-28(20-21-9-4-2-5-10-21)24(11-6-3-7-12-24)19-22(29)25-13-17-27/h2,4-5,9-10H,3,6-8,11-20H2,1H3,(H,25,29)(H,26,30). The van der Waals surface area contributed by atoms with Gasteiger partial charge in [-0.15, -0.1) is 0 Å². The third-order valence-corrected chi connectivity index (χ3v) is 6.59. The summed E-state index contributed by atoms with van der Waals surface area (Å²) in [6, 6.07) is 10.4. The molecule has 1 aliphatic carbocycles. The minimum atomic E-state index is -0.0902. The Morgan fingerprint density at radius 2 is 1.87 bits per heavy atom. The van der Waals surface area contributed by atoms with Crippen LogP contribution in [0.1, 0.15) is 50.5 Å². The first-order valence-corrected chi connectivity index (χ1v) is 11.7. The summed E-state index contributed by atoms with van der Waals surface area (Å²) >= 11 is 0. The third-order valence-electron chi connectivity index (χ3n) is 6.59. The van der Waals surface area contributed by atoms with Gasteiger partial charge in [-0.05, 0) is 24.8 Å². The maximum Gasteiger partial charge on any atom is 0.317 e. The Labute approximate surface area is 186 Å². The van der Waals surface area contributed by atoms with E-state index in [0.29, 0.717) is 39.2 Å². The number of methoxy groups -OCH3 is 1. The molecule has 2 fully saturated rings. The van der Waals surface area contributed by atoms with Gasteiger partial charge >= 0.3 is 6.03 Å². The first kappa shape index (κ1) is 23.5. The van der Waals surface area contributed by atoms with E-state index in [0.717, 1.165) is 32.4 Å². The van der Waals surface area contributed by atoms with Crippen LogP contribution in [0.15, 0.2) is 30.3 Å². The lowest BCUT2D eigenvalue weighted by Crippen LogP contribution is -2.52. The molecule has 0 aromatic heterocycles. The minimum absolute atomic E-state index is 0.0892. The average molecular weight is 431 g/mol. The van der Waals surface area contributed by atoms with Gasteiger partial charge < -0.3 is 20.3 Å². The first-order valence-electron chi connectivity index (χ1n) is 11.7. The molecule has 7 heteroatoms. The number of hydrogen-bond donors (Lipinski definition) is 2. The van der Waals surface area contributed by atoms with Gasteiger partial charge in [0, 0.05) is 58.3 Å². The molecule has 0 unspecified atom stereocenters. The number of carbonyl (C=O) groups is 2. The normalized spacial score (nSPS) is 20.7. The molecule has 172 valence electrons. The summed E-state index contributed by atoms with van der Waals surface area (Å²) in [4.78, 5) is 29.9. The molecular formula is C24H38N4O3. The highest BCUT2D eigenvalue weighted by molar-refractivity contribution is 5.77. The molecule has 7 nitrogen and oxygen atoms in total. The van der Waals surface area contributed by atoms with Crippen molar-refractivity contribution in [1.82, 2.24) is 20.4 Å². The van der Waals surface area contributed by atoms with Crippen LogP contribution >= 0.6 is 0 Å². The van der Waals surface area contributed by atoms with E-state index in [2.05, 4.69) is 39.8 Å². The van der Waals surface area contributed by atoms with Crippen LogP contribution in [0.25, 0.3) is 0 Å². The van der Waals surface area contributed by atoms with Crippen LogP contribution in [0.4, 0.5) is 4.79 Å². The summed E-state index contributed by atoms with van der Waals surface area (Å²) in [7, 11) is 1.62. The number of hydrogen-bond acceptors (Lipinski definition) is 4. The topological polar surface area (TPSA) is 73.9 Å². The molecule has 2 N–H and O–H groups in total. The lowest BCUT2D eigenvalue weighted by atomic mass is 9.77. The number of urea groups is 1. The largest absolute Gasteiger partial charge is 0.383 e. The Morgan fingerprint density at radius 1 is 1.10 bits per heavy atom. The fourth-order valence-corrected chi connectivity index (χ4v) is 4.93. The molecule has 1 saturated carbocycles. The van der Waals surface area contributed by atoms with Gasteiger partial charge in [-0.25, -0.2) is 4.79 Å². The Kier molecular flexibility index (Phi) is 9.15. The van der Waals surface area contributed by atoms with Gasteiger partial charge in [-0.2, -0.15) is 0 Å². The highest BCUT2D eigenvalue weighted by Gasteiger charge is 2.39. The van der Waals surface area contributed by atoms with Crippen LogP contribution in [0.2, 0.25) is 0 Å². The molecule has 3 amide bonds. The van der Waals surface area contributed by atoms with Gasteiger partial charge in [0.15, 0.2) is 0 Å². The number of benzene rings is 1. The highest BCUT2D eigenvalue weighted by atomic mass is 16.5. The lowest BCUT2D eigenvalue weighted by Gasteiger charge is -2.46. The number of nitrogens with zero attached hydrogens (tertiary/aromatic N) is 2. The summed E-state index contributed by atoms with van der Waals surface area (Å²) in [6.45, 7) is 4.39. The fourth-order valence-electron chi connectivity index (χ4n) is 4.93. The molecule has 1 saturated heterocycles. The van der Waals surface area contributed by atoms with Gasteiger partial charge in [0.05, 0.1) is 6.61 Å². The molecule has 1 heterocycles. The molecule has 31 heavy (non-hydrogen) atoms. The van der Waals surface area contributed by atoms with Crippen molar-refractivity contribution in [3.05, 3.63) is 35.9 Å². The first-order chi connectivity index (χ1) is 15.1. The number of rotatable bonds is 5. The number of nitrogens with one attached hydrogen (secondary N) is 2. The van der Waals surface area contributed by atoms with Gasteiger partial charge in [0.1, 0.15) is 0 Å². The Balaban J connectivity index is 1.75. The van der Waals surface area contributed by atoms with E-state index in [9.17, 15) is 9.59 Å². The van der Waals surface area contributed by atoms with Gasteiger partial charge in [-0.1, -0.05) is 49.6 Å². The van der Waals surface area contributed by atoms with E-state index >= 15 is 0 Å². The van der Waals surface area contributed by atoms with Crippen LogP contribution < -0.4 is 10.6 Å². The molecular weight excluding hydrogens is 392 g/mol. The predicted octanol–water partition coefficient (Wildman–Crippen LogP) is 2.76. The molecule has 0 bridgehead atoms. The van der Waals surface area contributed by atoms with Gasteiger partial charge in [0.25, 0.3) is 0 Å². The highest BCUT2D eigenvalue weighted by Crippen LogP contribution is 2.38. The summed E-state index contributed by atoms with van der Waals surface area (Å²) in [5, 5.41) is 5.98.